The van der Waals surface area contributed by atoms with E-state index in [1.807, 2.05) is 12.1 Å². The Balaban J connectivity index is 1.90. The summed E-state index contributed by atoms with van der Waals surface area (Å²) in [5, 5.41) is 6.10. The van der Waals surface area contributed by atoms with E-state index >= 15 is 0 Å². The summed E-state index contributed by atoms with van der Waals surface area (Å²) < 4.78 is 14.4. The molecule has 0 spiro atoms. The van der Waals surface area contributed by atoms with Gasteiger partial charge in [0, 0.05) is 16.7 Å². The molecule has 0 atom stereocenters. The second-order valence-electron chi connectivity index (χ2n) is 4.95. The third-order valence-electron chi connectivity index (χ3n) is 3.57. The van der Waals surface area contributed by atoms with Gasteiger partial charge in [0.1, 0.15) is 5.82 Å². The molecule has 0 saturated carbocycles. The van der Waals surface area contributed by atoms with Crippen LogP contribution < -0.4 is 10.6 Å². The summed E-state index contributed by atoms with van der Waals surface area (Å²) >= 11 is 3.25. The van der Waals surface area contributed by atoms with Crippen LogP contribution >= 0.6 is 15.9 Å². The first-order valence-electron chi connectivity index (χ1n) is 6.73. The summed E-state index contributed by atoms with van der Waals surface area (Å²) in [5.41, 5.74) is 3.07. The number of fused-ring (bicyclic) bond motifs is 1. The third-order valence-corrected chi connectivity index (χ3v) is 4.06. The molecule has 2 N–H and O–H groups in total. The Morgan fingerprint density at radius 1 is 1.29 bits per heavy atom. The van der Waals surface area contributed by atoms with Gasteiger partial charge in [-0.1, -0.05) is 28.1 Å². The first kappa shape index (κ1) is 14.2. The molecule has 3 nitrogen and oxygen atoms in total. The van der Waals surface area contributed by atoms with Gasteiger partial charge in [-0.25, -0.2) is 4.39 Å². The van der Waals surface area contributed by atoms with Crippen LogP contribution in [0.2, 0.25) is 0 Å². The Hall–Kier alpha value is -1.72. The maximum Gasteiger partial charge on any atom is 0.258 e. The lowest BCUT2D eigenvalue weighted by Crippen LogP contribution is -2.25. The molecule has 0 aromatic heterocycles. The molecule has 21 heavy (non-hydrogen) atoms. The highest BCUT2D eigenvalue weighted by Gasteiger charge is 2.17. The van der Waals surface area contributed by atoms with Crippen molar-refractivity contribution in [2.75, 3.05) is 11.9 Å². The molecular weight excluding hydrogens is 335 g/mol. The number of benzene rings is 2. The van der Waals surface area contributed by atoms with Crippen LogP contribution in [0.25, 0.3) is 0 Å². The Morgan fingerprint density at radius 3 is 3.00 bits per heavy atom. The van der Waals surface area contributed by atoms with Gasteiger partial charge in [0.15, 0.2) is 0 Å². The van der Waals surface area contributed by atoms with Crippen molar-refractivity contribution >= 4 is 27.5 Å². The van der Waals surface area contributed by atoms with Gasteiger partial charge < -0.3 is 10.6 Å². The van der Waals surface area contributed by atoms with Crippen LogP contribution in [0.3, 0.4) is 0 Å². The van der Waals surface area contributed by atoms with Crippen LogP contribution in [-0.2, 0) is 13.0 Å². The molecule has 1 aliphatic heterocycles. The molecule has 5 heteroatoms. The molecule has 0 aliphatic carbocycles. The first-order valence-corrected chi connectivity index (χ1v) is 7.52. The average Bonchev–Trinajstić information content (AvgIpc) is 2.50. The van der Waals surface area contributed by atoms with Crippen molar-refractivity contribution < 1.29 is 9.18 Å². The van der Waals surface area contributed by atoms with Gasteiger partial charge in [-0.2, -0.15) is 0 Å². The number of anilines is 1. The molecule has 1 amide bonds. The number of carbonyl (C=O) groups excluding carboxylic acids is 1. The van der Waals surface area contributed by atoms with Gasteiger partial charge in [-0.05, 0) is 48.4 Å². The van der Waals surface area contributed by atoms with Crippen LogP contribution in [0.5, 0.6) is 0 Å². The molecule has 2 aromatic carbocycles. The Morgan fingerprint density at radius 2 is 2.14 bits per heavy atom. The van der Waals surface area contributed by atoms with Crippen molar-refractivity contribution in [3.63, 3.8) is 0 Å². The molecule has 0 saturated heterocycles. The molecule has 2 aromatic rings. The van der Waals surface area contributed by atoms with Crippen molar-refractivity contribution in [2.24, 2.45) is 0 Å². The van der Waals surface area contributed by atoms with E-state index in [9.17, 15) is 9.18 Å². The standard InChI is InChI=1S/C16H14BrFN2O/c17-11-4-5-14(18)12(8-11)16(21)20-15-3-1-2-10-6-7-19-9-13(10)15/h1-5,8,19H,6-7,9H2,(H,20,21). The maximum absolute atomic E-state index is 13.8. The summed E-state index contributed by atoms with van der Waals surface area (Å²) in [6.45, 7) is 1.65. The zero-order valence-electron chi connectivity index (χ0n) is 11.2. The van der Waals surface area contributed by atoms with E-state index in [-0.39, 0.29) is 5.56 Å². The van der Waals surface area contributed by atoms with Gasteiger partial charge in [0.25, 0.3) is 5.91 Å². The predicted molar refractivity (Wildman–Crippen MR) is 83.9 cm³/mol. The normalized spacial score (nSPS) is 13.6. The molecule has 0 bridgehead atoms. The van der Waals surface area contributed by atoms with Gasteiger partial charge in [-0.3, -0.25) is 4.79 Å². The first-order chi connectivity index (χ1) is 10.1. The lowest BCUT2D eigenvalue weighted by molar-refractivity contribution is 0.102. The molecule has 0 unspecified atom stereocenters. The number of amides is 1. The number of carbonyl (C=O) groups is 1. The molecule has 0 fully saturated rings. The van der Waals surface area contributed by atoms with Gasteiger partial charge in [0.2, 0.25) is 0 Å². The van der Waals surface area contributed by atoms with E-state index in [1.165, 1.54) is 17.7 Å². The van der Waals surface area contributed by atoms with Crippen molar-refractivity contribution in [2.45, 2.75) is 13.0 Å². The van der Waals surface area contributed by atoms with E-state index in [0.29, 0.717) is 11.0 Å². The average molecular weight is 349 g/mol. The maximum atomic E-state index is 13.8. The number of hydrogen-bond acceptors (Lipinski definition) is 2. The quantitative estimate of drug-likeness (QED) is 0.872. The van der Waals surface area contributed by atoms with Crippen molar-refractivity contribution in [1.29, 1.82) is 0 Å². The van der Waals surface area contributed by atoms with Crippen molar-refractivity contribution in [3.05, 3.63) is 63.4 Å². The fourth-order valence-corrected chi connectivity index (χ4v) is 2.85. The van der Waals surface area contributed by atoms with E-state index < -0.39 is 11.7 Å². The van der Waals surface area contributed by atoms with Gasteiger partial charge in [-0.15, -0.1) is 0 Å². The minimum Gasteiger partial charge on any atom is -0.322 e. The van der Waals surface area contributed by atoms with Crippen LogP contribution in [0, 0.1) is 5.82 Å². The number of halogens is 2. The molecule has 3 rings (SSSR count). The molecule has 0 radical (unpaired) electrons. The van der Waals surface area contributed by atoms with Crippen LogP contribution in [0.4, 0.5) is 10.1 Å². The topological polar surface area (TPSA) is 41.1 Å². The van der Waals surface area contributed by atoms with Crippen LogP contribution in [0.1, 0.15) is 21.5 Å². The third kappa shape index (κ3) is 2.99. The minimum absolute atomic E-state index is 0.0331. The zero-order chi connectivity index (χ0) is 14.8. The lowest BCUT2D eigenvalue weighted by Gasteiger charge is -2.20. The largest absolute Gasteiger partial charge is 0.322 e. The summed E-state index contributed by atoms with van der Waals surface area (Å²) in [7, 11) is 0. The SMILES string of the molecule is O=C(Nc1cccc2c1CNCC2)c1cc(Br)ccc1F. The molecule has 1 heterocycles. The summed E-state index contributed by atoms with van der Waals surface area (Å²) in [6.07, 6.45) is 0.935. The van der Waals surface area contributed by atoms with Gasteiger partial charge >= 0.3 is 0 Å². The number of hydrogen-bond donors (Lipinski definition) is 2. The fourth-order valence-electron chi connectivity index (χ4n) is 2.49. The highest BCUT2D eigenvalue weighted by Crippen LogP contribution is 2.24. The fraction of sp³-hybridized carbons (Fsp3) is 0.188. The monoisotopic (exact) mass is 348 g/mol. The van der Waals surface area contributed by atoms with Crippen LogP contribution in [-0.4, -0.2) is 12.5 Å². The summed E-state index contributed by atoms with van der Waals surface area (Å²) in [4.78, 5) is 12.3. The molecular formula is C16H14BrFN2O. The Kier molecular flexibility index (Phi) is 4.03. The molecule has 108 valence electrons. The smallest absolute Gasteiger partial charge is 0.258 e. The Labute approximate surface area is 130 Å². The van der Waals surface area contributed by atoms with E-state index in [0.717, 1.165) is 24.2 Å². The summed E-state index contributed by atoms with van der Waals surface area (Å²) in [6, 6.07) is 10.2. The second-order valence-corrected chi connectivity index (χ2v) is 5.86. The Bertz CT molecular complexity index is 703. The van der Waals surface area contributed by atoms with E-state index in [4.69, 9.17) is 0 Å². The minimum atomic E-state index is -0.529. The lowest BCUT2D eigenvalue weighted by atomic mass is 9.99. The predicted octanol–water partition coefficient (Wildman–Crippen LogP) is 3.49. The van der Waals surface area contributed by atoms with E-state index in [2.05, 4.69) is 32.6 Å². The second kappa shape index (κ2) is 5.95. The summed E-state index contributed by atoms with van der Waals surface area (Å²) in [5.74, 6) is -0.966. The zero-order valence-corrected chi connectivity index (χ0v) is 12.8. The molecule has 1 aliphatic rings. The van der Waals surface area contributed by atoms with Crippen molar-refractivity contribution in [3.8, 4) is 0 Å². The number of rotatable bonds is 2. The highest BCUT2D eigenvalue weighted by molar-refractivity contribution is 9.10. The van der Waals surface area contributed by atoms with Crippen LogP contribution in [0.15, 0.2) is 40.9 Å². The highest BCUT2D eigenvalue weighted by atomic mass is 79.9. The van der Waals surface area contributed by atoms with E-state index in [1.54, 1.807) is 6.07 Å². The number of nitrogens with one attached hydrogen (secondary N) is 2. The van der Waals surface area contributed by atoms with Crippen molar-refractivity contribution in [1.82, 2.24) is 5.32 Å². The van der Waals surface area contributed by atoms with Gasteiger partial charge in [0.05, 0.1) is 5.56 Å².